The van der Waals surface area contributed by atoms with Crippen LogP contribution < -0.4 is 0 Å². The molecule has 1 aliphatic carbocycles. The highest BCUT2D eigenvalue weighted by atomic mass is 15.0. The number of hydrogen-bond acceptors (Lipinski definition) is 0. The first-order chi connectivity index (χ1) is 47.9. The fourth-order valence-corrected chi connectivity index (χ4v) is 16.0. The van der Waals surface area contributed by atoms with Crippen LogP contribution in [0.15, 0.2) is 352 Å². The van der Waals surface area contributed by atoms with Gasteiger partial charge >= 0.3 is 0 Å². The minimum Gasteiger partial charge on any atom is -0.309 e. The van der Waals surface area contributed by atoms with Gasteiger partial charge in [-0.25, -0.2) is 0 Å². The van der Waals surface area contributed by atoms with Crippen molar-refractivity contribution in [2.75, 3.05) is 0 Å². The van der Waals surface area contributed by atoms with Gasteiger partial charge in [-0.3, -0.25) is 0 Å². The van der Waals surface area contributed by atoms with E-state index in [0.29, 0.717) is 0 Å². The van der Waals surface area contributed by atoms with Crippen LogP contribution in [0.4, 0.5) is 0 Å². The zero-order valence-corrected chi connectivity index (χ0v) is 53.8. The molecule has 1 aliphatic rings. The molecule has 4 heteroatoms. The van der Waals surface area contributed by atoms with Gasteiger partial charge in [-0.05, 0) is 188 Å². The molecule has 0 N–H and O–H groups in total. The monoisotopic (exact) mass is 1240 g/mol. The number of rotatable bonds is 8. The van der Waals surface area contributed by atoms with E-state index in [9.17, 15) is 0 Å². The molecule has 97 heavy (non-hydrogen) atoms. The minimum absolute atomic E-state index is 0.0455. The predicted octanol–water partition coefficient (Wildman–Crippen LogP) is 24.7. The Hall–Kier alpha value is -12.5. The Balaban J connectivity index is 0.000000137. The van der Waals surface area contributed by atoms with Crippen LogP contribution in [-0.2, 0) is 5.41 Å². The molecule has 19 aromatic rings. The van der Waals surface area contributed by atoms with Crippen molar-refractivity contribution in [3.05, 3.63) is 363 Å². The zero-order valence-electron chi connectivity index (χ0n) is 53.8. The van der Waals surface area contributed by atoms with E-state index in [0.717, 1.165) is 11.4 Å². The van der Waals surface area contributed by atoms with Gasteiger partial charge in [0.2, 0.25) is 0 Å². The second-order valence-electron chi connectivity index (χ2n) is 26.4. The van der Waals surface area contributed by atoms with Crippen molar-refractivity contribution in [3.63, 3.8) is 0 Å². The molecule has 0 saturated heterocycles. The Morgan fingerprint density at radius 3 is 0.835 bits per heavy atom. The van der Waals surface area contributed by atoms with E-state index in [-0.39, 0.29) is 5.41 Å². The van der Waals surface area contributed by atoms with E-state index in [2.05, 4.69) is 384 Å². The Morgan fingerprint density at radius 2 is 0.443 bits per heavy atom. The maximum Gasteiger partial charge on any atom is 0.0541 e. The lowest BCUT2D eigenvalue weighted by Crippen LogP contribution is -2.15. The van der Waals surface area contributed by atoms with Crippen LogP contribution in [0.5, 0.6) is 0 Å². The third kappa shape index (κ3) is 9.05. The maximum atomic E-state index is 2.45. The standard InChI is InChI=1S/C48H32N2.C45H32N2/c1-3-11-33(12-4-1)35-19-25-39(26-20-35)49-45-17-9-7-15-41(45)43-31-37(23-29-47(43)49)38-24-30-48-44(32-38)42-16-8-10-18-46(42)50(48)40-27-21-36(22-28-40)34-13-5-2-6-14-34;1-45(2)39-17-9-6-14-33(39)34-23-22-32(28-40(34)45)47-42-19-11-8-16-36(42)38-27-30(21-25-44(38)47)29-20-24-43-37(26-29)35-15-7-10-18-41(35)46(43)31-12-4-3-5-13-31/h1-32H;3-28H,1-2H3. The Kier molecular flexibility index (Phi) is 12.9. The first-order valence-corrected chi connectivity index (χ1v) is 33.6. The summed E-state index contributed by atoms with van der Waals surface area (Å²) >= 11 is 0. The van der Waals surface area contributed by atoms with Crippen LogP contribution in [0.25, 0.3) is 166 Å². The van der Waals surface area contributed by atoms with Gasteiger partial charge in [0.05, 0.1) is 44.1 Å². The maximum absolute atomic E-state index is 2.45. The second-order valence-corrected chi connectivity index (χ2v) is 26.4. The highest BCUT2D eigenvalue weighted by Crippen LogP contribution is 2.50. The van der Waals surface area contributed by atoms with Crippen molar-refractivity contribution in [3.8, 4) is 78.4 Å². The summed E-state index contributed by atoms with van der Waals surface area (Å²) in [7, 11) is 0. The highest BCUT2D eigenvalue weighted by molar-refractivity contribution is 6.15. The van der Waals surface area contributed by atoms with E-state index in [1.165, 1.54) is 165 Å². The molecule has 4 nitrogen and oxygen atoms in total. The van der Waals surface area contributed by atoms with Gasteiger partial charge in [0.1, 0.15) is 0 Å². The number of hydrogen-bond donors (Lipinski definition) is 0. The summed E-state index contributed by atoms with van der Waals surface area (Å²) in [6.45, 7) is 4.71. The Labute approximate surface area is 562 Å². The van der Waals surface area contributed by atoms with Crippen molar-refractivity contribution in [1.29, 1.82) is 0 Å². The smallest absolute Gasteiger partial charge is 0.0541 e. The quantitative estimate of drug-likeness (QED) is 0.144. The van der Waals surface area contributed by atoms with Gasteiger partial charge in [0.25, 0.3) is 0 Å². The topological polar surface area (TPSA) is 19.7 Å². The van der Waals surface area contributed by atoms with E-state index in [1.54, 1.807) is 0 Å². The zero-order chi connectivity index (χ0) is 64.3. The Bertz CT molecular complexity index is 6100. The Morgan fingerprint density at radius 1 is 0.175 bits per heavy atom. The predicted molar refractivity (Wildman–Crippen MR) is 410 cm³/mol. The SMILES string of the molecule is CC1(C)c2ccccc2-c2ccc(-n3c4ccccc4c4cc(-c5ccc6c(c5)c5ccccc5n6-c5ccccc5)ccc43)cc21.c1ccc(-c2ccc(-n3c4ccccc4c4cc(-c5ccc6c(c5)c5ccccc5n6-c5ccc(-c6ccccc6)cc5)ccc43)cc2)cc1. The fourth-order valence-electron chi connectivity index (χ4n) is 16.0. The summed E-state index contributed by atoms with van der Waals surface area (Å²) in [4.78, 5) is 0. The number of benzene rings is 15. The molecule has 456 valence electrons. The molecule has 4 heterocycles. The lowest BCUT2D eigenvalue weighted by Gasteiger charge is -2.22. The van der Waals surface area contributed by atoms with Crippen molar-refractivity contribution >= 4 is 87.2 Å². The van der Waals surface area contributed by atoms with Crippen molar-refractivity contribution in [2.24, 2.45) is 0 Å². The molecule has 0 aliphatic heterocycles. The summed E-state index contributed by atoms with van der Waals surface area (Å²) in [6.07, 6.45) is 0. The average molecular weight is 1240 g/mol. The molecule has 0 unspecified atom stereocenters. The van der Waals surface area contributed by atoms with Gasteiger partial charge in [-0.15, -0.1) is 0 Å². The van der Waals surface area contributed by atoms with Gasteiger partial charge in [0, 0.05) is 71.3 Å². The normalized spacial score (nSPS) is 12.5. The molecule has 0 amide bonds. The number of fused-ring (bicyclic) bond motifs is 15. The second kappa shape index (κ2) is 22.3. The van der Waals surface area contributed by atoms with E-state index in [4.69, 9.17) is 0 Å². The van der Waals surface area contributed by atoms with Crippen LogP contribution >= 0.6 is 0 Å². The number of para-hydroxylation sites is 5. The minimum atomic E-state index is -0.0455. The fraction of sp³-hybridized carbons (Fsp3) is 0.0323. The van der Waals surface area contributed by atoms with Gasteiger partial charge in [0.15, 0.2) is 0 Å². The lowest BCUT2D eigenvalue weighted by molar-refractivity contribution is 0.660. The van der Waals surface area contributed by atoms with E-state index in [1.807, 2.05) is 0 Å². The third-order valence-electron chi connectivity index (χ3n) is 20.7. The van der Waals surface area contributed by atoms with Crippen molar-refractivity contribution in [2.45, 2.75) is 19.3 Å². The van der Waals surface area contributed by atoms with E-state index < -0.39 is 0 Å². The van der Waals surface area contributed by atoms with Gasteiger partial charge < -0.3 is 18.3 Å². The van der Waals surface area contributed by atoms with Crippen LogP contribution in [0, 0.1) is 0 Å². The average Bonchev–Trinajstić information content (AvgIpc) is 1.59. The van der Waals surface area contributed by atoms with Crippen molar-refractivity contribution in [1.82, 2.24) is 18.3 Å². The van der Waals surface area contributed by atoms with Crippen molar-refractivity contribution < 1.29 is 0 Å². The van der Waals surface area contributed by atoms with Gasteiger partial charge in [-0.2, -0.15) is 0 Å². The molecular weight excluding hydrogens is 1170 g/mol. The molecule has 0 spiro atoms. The molecule has 4 aromatic heterocycles. The third-order valence-corrected chi connectivity index (χ3v) is 20.7. The molecule has 15 aromatic carbocycles. The van der Waals surface area contributed by atoms with E-state index >= 15 is 0 Å². The largest absolute Gasteiger partial charge is 0.309 e. The number of aromatic nitrogens is 4. The van der Waals surface area contributed by atoms with Crippen LogP contribution in [0.1, 0.15) is 25.0 Å². The molecule has 0 fully saturated rings. The highest BCUT2D eigenvalue weighted by Gasteiger charge is 2.35. The summed E-state index contributed by atoms with van der Waals surface area (Å²) in [5, 5.41) is 10.1. The molecule has 20 rings (SSSR count). The molecule has 0 atom stereocenters. The summed E-state index contributed by atoms with van der Waals surface area (Å²) in [6, 6.07) is 128. The molecule has 0 radical (unpaired) electrons. The molecule has 0 saturated carbocycles. The summed E-state index contributed by atoms with van der Waals surface area (Å²) < 4.78 is 9.61. The summed E-state index contributed by atoms with van der Waals surface area (Å²) in [5.41, 5.74) is 29.7. The van der Waals surface area contributed by atoms with Crippen LogP contribution in [0.2, 0.25) is 0 Å². The number of nitrogens with zero attached hydrogens (tertiary/aromatic N) is 4. The van der Waals surface area contributed by atoms with Crippen LogP contribution in [0.3, 0.4) is 0 Å². The molecule has 0 bridgehead atoms. The summed E-state index contributed by atoms with van der Waals surface area (Å²) in [5.74, 6) is 0. The molecular formula is C93H64N4. The first kappa shape index (κ1) is 56.1. The first-order valence-electron chi connectivity index (χ1n) is 33.6. The van der Waals surface area contributed by atoms with Gasteiger partial charge in [-0.1, -0.05) is 244 Å². The lowest BCUT2D eigenvalue weighted by atomic mass is 9.82. The van der Waals surface area contributed by atoms with Crippen LogP contribution in [-0.4, -0.2) is 18.3 Å².